The van der Waals surface area contributed by atoms with Gasteiger partial charge in [-0.15, -0.1) is 0 Å². The molecular weight excluding hydrogens is 252 g/mol. The van der Waals surface area contributed by atoms with Crippen molar-refractivity contribution in [2.24, 2.45) is 0 Å². The van der Waals surface area contributed by atoms with Crippen LogP contribution in [0.5, 0.6) is 0 Å². The predicted octanol–water partition coefficient (Wildman–Crippen LogP) is 2.95. The molecule has 0 amide bonds. The Morgan fingerprint density at radius 2 is 2.10 bits per heavy atom. The number of rotatable bonds is 6. The fourth-order valence-corrected chi connectivity index (χ4v) is 2.23. The number of aromatic nitrogens is 2. The highest BCUT2D eigenvalue weighted by Crippen LogP contribution is 2.39. The maximum atomic E-state index is 5.33. The highest BCUT2D eigenvalue weighted by molar-refractivity contribution is 5.57. The molecule has 106 valence electrons. The van der Waals surface area contributed by atoms with Crippen LogP contribution in [0.3, 0.4) is 0 Å². The average molecular weight is 272 g/mol. The Hall–Kier alpha value is -2.04. The summed E-state index contributed by atoms with van der Waals surface area (Å²) in [6.45, 7) is 2.84. The van der Waals surface area contributed by atoms with Crippen LogP contribution >= 0.6 is 0 Å². The molecule has 1 saturated carbocycles. The van der Waals surface area contributed by atoms with Crippen LogP contribution in [-0.2, 0) is 6.42 Å². The minimum Gasteiger partial charge on any atom is -0.469 e. The maximum Gasteiger partial charge on any atom is 0.136 e. The molecule has 0 bridgehead atoms. The lowest BCUT2D eigenvalue weighted by Crippen LogP contribution is -2.11. The van der Waals surface area contributed by atoms with E-state index in [9.17, 15) is 0 Å². The van der Waals surface area contributed by atoms with E-state index in [0.717, 1.165) is 41.7 Å². The maximum absolute atomic E-state index is 5.33. The van der Waals surface area contributed by atoms with Gasteiger partial charge >= 0.3 is 0 Å². The van der Waals surface area contributed by atoms with Crippen molar-refractivity contribution in [3.05, 3.63) is 35.5 Å². The summed E-state index contributed by atoms with van der Waals surface area (Å²) in [7, 11) is 1.90. The molecule has 20 heavy (non-hydrogen) atoms. The quantitative estimate of drug-likeness (QED) is 0.846. The second kappa shape index (κ2) is 5.53. The summed E-state index contributed by atoms with van der Waals surface area (Å²) >= 11 is 0. The Bertz CT molecular complexity index is 576. The van der Waals surface area contributed by atoms with Crippen LogP contribution < -0.4 is 10.6 Å². The van der Waals surface area contributed by atoms with Gasteiger partial charge in [-0.25, -0.2) is 9.97 Å². The molecule has 0 aliphatic heterocycles. The lowest BCUT2D eigenvalue weighted by Gasteiger charge is -2.13. The van der Waals surface area contributed by atoms with Crippen LogP contribution in [0.25, 0.3) is 0 Å². The molecule has 5 heteroatoms. The third-order valence-corrected chi connectivity index (χ3v) is 3.59. The molecule has 2 heterocycles. The van der Waals surface area contributed by atoms with E-state index in [2.05, 4.69) is 20.6 Å². The van der Waals surface area contributed by atoms with Crippen molar-refractivity contribution in [2.45, 2.75) is 32.1 Å². The van der Waals surface area contributed by atoms with E-state index in [0.29, 0.717) is 5.92 Å². The van der Waals surface area contributed by atoms with Crippen molar-refractivity contribution in [3.63, 3.8) is 0 Å². The van der Waals surface area contributed by atoms with Crippen LogP contribution in [0.15, 0.2) is 22.8 Å². The molecule has 0 unspecified atom stereocenters. The second-order valence-corrected chi connectivity index (χ2v) is 5.18. The Labute approximate surface area is 118 Å². The molecule has 1 aliphatic rings. The van der Waals surface area contributed by atoms with Gasteiger partial charge in [0.2, 0.25) is 0 Å². The van der Waals surface area contributed by atoms with Gasteiger partial charge < -0.3 is 15.1 Å². The van der Waals surface area contributed by atoms with Crippen molar-refractivity contribution in [2.75, 3.05) is 24.2 Å². The van der Waals surface area contributed by atoms with E-state index < -0.39 is 0 Å². The molecule has 5 nitrogen and oxygen atoms in total. The van der Waals surface area contributed by atoms with E-state index in [4.69, 9.17) is 4.42 Å². The average Bonchev–Trinajstić information content (AvgIpc) is 3.18. The zero-order valence-corrected chi connectivity index (χ0v) is 11.9. The number of furan rings is 1. The van der Waals surface area contributed by atoms with Gasteiger partial charge in [0.15, 0.2) is 0 Å². The highest BCUT2D eigenvalue weighted by atomic mass is 16.3. The Balaban J connectivity index is 1.72. The van der Waals surface area contributed by atoms with Gasteiger partial charge in [0.25, 0.3) is 0 Å². The number of nitrogens with zero attached hydrogens (tertiary/aromatic N) is 2. The summed E-state index contributed by atoms with van der Waals surface area (Å²) in [4.78, 5) is 9.26. The molecule has 0 saturated heterocycles. The Kier molecular flexibility index (Phi) is 3.58. The standard InChI is InChI=1S/C15H20N4O/c1-10-13(16-2)18-15(11-5-6-11)19-14(10)17-8-7-12-4-3-9-20-12/h3-4,9,11H,5-8H2,1-2H3,(H2,16,17,18,19). The first-order valence-corrected chi connectivity index (χ1v) is 7.10. The van der Waals surface area contributed by atoms with Crippen molar-refractivity contribution < 1.29 is 4.42 Å². The third-order valence-electron chi connectivity index (χ3n) is 3.59. The zero-order chi connectivity index (χ0) is 13.9. The van der Waals surface area contributed by atoms with Crippen molar-refractivity contribution in [1.29, 1.82) is 0 Å². The van der Waals surface area contributed by atoms with Gasteiger partial charge in [-0.05, 0) is 31.9 Å². The summed E-state index contributed by atoms with van der Waals surface area (Å²) in [6, 6.07) is 3.90. The van der Waals surface area contributed by atoms with E-state index in [1.165, 1.54) is 12.8 Å². The van der Waals surface area contributed by atoms with Gasteiger partial charge in [0, 0.05) is 31.5 Å². The Morgan fingerprint density at radius 3 is 2.75 bits per heavy atom. The third kappa shape index (κ3) is 2.76. The largest absolute Gasteiger partial charge is 0.469 e. The first kappa shape index (κ1) is 13.0. The Morgan fingerprint density at radius 1 is 1.30 bits per heavy atom. The molecule has 2 N–H and O–H groups in total. The molecule has 2 aromatic heterocycles. The minimum absolute atomic E-state index is 0.549. The zero-order valence-electron chi connectivity index (χ0n) is 11.9. The van der Waals surface area contributed by atoms with E-state index >= 15 is 0 Å². The van der Waals surface area contributed by atoms with Crippen molar-refractivity contribution >= 4 is 11.6 Å². The lowest BCUT2D eigenvalue weighted by molar-refractivity contribution is 0.513. The fraction of sp³-hybridized carbons (Fsp3) is 0.467. The number of anilines is 2. The molecule has 1 aliphatic carbocycles. The summed E-state index contributed by atoms with van der Waals surface area (Å²) in [5.74, 6) is 4.34. The van der Waals surface area contributed by atoms with Crippen LogP contribution in [0.4, 0.5) is 11.6 Å². The van der Waals surface area contributed by atoms with Crippen LogP contribution in [0.2, 0.25) is 0 Å². The molecule has 0 spiro atoms. The van der Waals surface area contributed by atoms with Gasteiger partial charge in [0.05, 0.1) is 6.26 Å². The minimum atomic E-state index is 0.549. The summed E-state index contributed by atoms with van der Waals surface area (Å²) in [5, 5.41) is 6.55. The van der Waals surface area contributed by atoms with Crippen molar-refractivity contribution in [1.82, 2.24) is 9.97 Å². The molecule has 2 aromatic rings. The molecule has 1 fully saturated rings. The second-order valence-electron chi connectivity index (χ2n) is 5.18. The number of nitrogens with one attached hydrogen (secondary N) is 2. The highest BCUT2D eigenvalue weighted by Gasteiger charge is 2.28. The summed E-state index contributed by atoms with van der Waals surface area (Å²) in [5.41, 5.74) is 1.07. The van der Waals surface area contributed by atoms with E-state index in [1.54, 1.807) is 6.26 Å². The van der Waals surface area contributed by atoms with Crippen LogP contribution in [-0.4, -0.2) is 23.6 Å². The molecule has 0 atom stereocenters. The predicted molar refractivity (Wildman–Crippen MR) is 79.2 cm³/mol. The van der Waals surface area contributed by atoms with Gasteiger partial charge in [-0.3, -0.25) is 0 Å². The molecule has 0 aromatic carbocycles. The van der Waals surface area contributed by atoms with Gasteiger partial charge in [0.1, 0.15) is 23.2 Å². The van der Waals surface area contributed by atoms with Gasteiger partial charge in [-0.2, -0.15) is 0 Å². The number of hydrogen-bond acceptors (Lipinski definition) is 5. The first-order valence-electron chi connectivity index (χ1n) is 7.10. The van der Waals surface area contributed by atoms with E-state index in [-0.39, 0.29) is 0 Å². The monoisotopic (exact) mass is 272 g/mol. The fourth-order valence-electron chi connectivity index (χ4n) is 2.23. The SMILES string of the molecule is CNc1nc(C2CC2)nc(NCCc2ccco2)c1C. The summed E-state index contributed by atoms with van der Waals surface area (Å²) < 4.78 is 5.33. The summed E-state index contributed by atoms with van der Waals surface area (Å²) in [6.07, 6.45) is 4.97. The molecule has 3 rings (SSSR count). The normalized spacial score (nSPS) is 14.3. The topological polar surface area (TPSA) is 63.0 Å². The lowest BCUT2D eigenvalue weighted by atomic mass is 10.2. The van der Waals surface area contributed by atoms with Crippen molar-refractivity contribution in [3.8, 4) is 0 Å². The smallest absolute Gasteiger partial charge is 0.136 e. The van der Waals surface area contributed by atoms with Crippen LogP contribution in [0.1, 0.15) is 35.9 Å². The first-order chi connectivity index (χ1) is 9.78. The van der Waals surface area contributed by atoms with E-state index in [1.807, 2.05) is 26.1 Å². The molecular formula is C15H20N4O. The van der Waals surface area contributed by atoms with Gasteiger partial charge in [-0.1, -0.05) is 0 Å². The number of hydrogen-bond donors (Lipinski definition) is 2. The van der Waals surface area contributed by atoms with Crippen LogP contribution in [0, 0.1) is 6.92 Å². The molecule has 0 radical (unpaired) electrons.